The van der Waals surface area contributed by atoms with Crippen LogP contribution >= 0.6 is 0 Å². The van der Waals surface area contributed by atoms with Crippen molar-refractivity contribution in [3.05, 3.63) is 12.4 Å². The van der Waals surface area contributed by atoms with Gasteiger partial charge in [-0.2, -0.15) is 0 Å². The summed E-state index contributed by atoms with van der Waals surface area (Å²) in [4.78, 5) is 24.9. The van der Waals surface area contributed by atoms with Gasteiger partial charge in [-0.3, -0.25) is 0 Å². The Labute approximate surface area is 150 Å². The van der Waals surface area contributed by atoms with Gasteiger partial charge in [-0.1, -0.05) is 0 Å². The molecule has 0 unspecified atom stereocenters. The van der Waals surface area contributed by atoms with Crippen LogP contribution < -0.4 is 10.2 Å². The second-order valence-corrected chi connectivity index (χ2v) is 7.89. The van der Waals surface area contributed by atoms with Crippen LogP contribution in [-0.2, 0) is 4.74 Å². The van der Waals surface area contributed by atoms with Crippen LogP contribution in [0.15, 0.2) is 12.4 Å². The molecule has 140 valence electrons. The fourth-order valence-electron chi connectivity index (χ4n) is 2.86. The van der Waals surface area contributed by atoms with Gasteiger partial charge in [-0.05, 0) is 47.5 Å². The summed E-state index contributed by atoms with van der Waals surface area (Å²) in [6, 6.07) is 2.39. The van der Waals surface area contributed by atoms with Crippen LogP contribution in [0.2, 0.25) is 0 Å². The highest BCUT2D eigenvalue weighted by atomic mass is 16.6. The molecule has 2 rings (SSSR count). The smallest absolute Gasteiger partial charge is 0.410 e. The first-order chi connectivity index (χ1) is 11.7. The number of nitrogens with zero attached hydrogens (tertiary/aromatic N) is 4. The molecule has 0 radical (unpaired) electrons. The molecule has 0 saturated carbocycles. The first-order valence-electron chi connectivity index (χ1n) is 8.95. The van der Waals surface area contributed by atoms with Crippen molar-refractivity contribution in [2.75, 3.05) is 30.4 Å². The third-order valence-corrected chi connectivity index (χ3v) is 4.04. The van der Waals surface area contributed by atoms with Gasteiger partial charge in [0.25, 0.3) is 0 Å². The first kappa shape index (κ1) is 19.3. The molecule has 0 aromatic carbocycles. The SMILES string of the molecule is CC(C)Nc1cc(N2CCC[C@@H](N(C)C(=O)OC(C)(C)C)C2)ncn1. The summed E-state index contributed by atoms with van der Waals surface area (Å²) >= 11 is 0. The van der Waals surface area contributed by atoms with Gasteiger partial charge < -0.3 is 19.9 Å². The van der Waals surface area contributed by atoms with E-state index < -0.39 is 5.60 Å². The van der Waals surface area contributed by atoms with Crippen molar-refractivity contribution in [2.45, 2.75) is 65.1 Å². The molecule has 0 bridgehead atoms. The van der Waals surface area contributed by atoms with E-state index in [1.165, 1.54) is 0 Å². The number of carbonyl (C=O) groups is 1. The highest BCUT2D eigenvalue weighted by molar-refractivity contribution is 5.68. The van der Waals surface area contributed by atoms with Crippen LogP contribution in [0.25, 0.3) is 0 Å². The minimum absolute atomic E-state index is 0.111. The van der Waals surface area contributed by atoms with Crippen molar-refractivity contribution in [1.29, 1.82) is 0 Å². The molecule has 1 aliphatic rings. The van der Waals surface area contributed by atoms with Gasteiger partial charge in [0.15, 0.2) is 0 Å². The minimum Gasteiger partial charge on any atom is -0.444 e. The summed E-state index contributed by atoms with van der Waals surface area (Å²) < 4.78 is 5.49. The third kappa shape index (κ3) is 5.76. The molecule has 0 spiro atoms. The predicted molar refractivity (Wildman–Crippen MR) is 100 cm³/mol. The van der Waals surface area contributed by atoms with E-state index in [2.05, 4.69) is 34.0 Å². The Hall–Kier alpha value is -2.05. The number of likely N-dealkylation sites (N-methyl/N-ethyl adjacent to an activating group) is 1. The number of nitrogens with one attached hydrogen (secondary N) is 1. The third-order valence-electron chi connectivity index (χ3n) is 4.04. The van der Waals surface area contributed by atoms with E-state index >= 15 is 0 Å². The number of hydrogen-bond acceptors (Lipinski definition) is 6. The summed E-state index contributed by atoms with van der Waals surface area (Å²) in [5.41, 5.74) is -0.482. The molecule has 1 atom stereocenters. The Kier molecular flexibility index (Phi) is 6.08. The maximum absolute atomic E-state index is 12.3. The molecule has 7 heteroatoms. The Morgan fingerprint density at radius 3 is 2.76 bits per heavy atom. The Bertz CT molecular complexity index is 585. The van der Waals surface area contributed by atoms with Gasteiger partial charge in [0, 0.05) is 32.2 Å². The number of hydrogen-bond donors (Lipinski definition) is 1. The maximum Gasteiger partial charge on any atom is 0.410 e. The van der Waals surface area contributed by atoms with Crippen molar-refractivity contribution in [3.8, 4) is 0 Å². The topological polar surface area (TPSA) is 70.6 Å². The zero-order chi connectivity index (χ0) is 18.6. The Morgan fingerprint density at radius 2 is 2.12 bits per heavy atom. The van der Waals surface area contributed by atoms with Crippen LogP contribution in [-0.4, -0.2) is 58.8 Å². The quantitative estimate of drug-likeness (QED) is 0.900. The Morgan fingerprint density at radius 1 is 1.40 bits per heavy atom. The summed E-state index contributed by atoms with van der Waals surface area (Å²) in [6.07, 6.45) is 3.29. The maximum atomic E-state index is 12.3. The predicted octanol–water partition coefficient (Wildman–Crippen LogP) is 3.13. The highest BCUT2D eigenvalue weighted by Gasteiger charge is 2.29. The van der Waals surface area contributed by atoms with Crippen molar-refractivity contribution in [3.63, 3.8) is 0 Å². The van der Waals surface area contributed by atoms with E-state index in [-0.39, 0.29) is 12.1 Å². The van der Waals surface area contributed by atoms with Gasteiger partial charge >= 0.3 is 6.09 Å². The molecule has 1 aromatic rings. The molecule has 1 saturated heterocycles. The molecule has 1 aromatic heterocycles. The molecular weight excluding hydrogens is 318 g/mol. The second-order valence-electron chi connectivity index (χ2n) is 7.89. The normalized spacial score (nSPS) is 18.2. The molecule has 1 amide bonds. The first-order valence-corrected chi connectivity index (χ1v) is 8.95. The molecule has 2 heterocycles. The zero-order valence-corrected chi connectivity index (χ0v) is 16.2. The number of amides is 1. The summed E-state index contributed by atoms with van der Waals surface area (Å²) in [6.45, 7) is 11.5. The van der Waals surface area contributed by atoms with Crippen molar-refractivity contribution < 1.29 is 9.53 Å². The van der Waals surface area contributed by atoms with Gasteiger partial charge in [0.2, 0.25) is 0 Å². The lowest BCUT2D eigenvalue weighted by Gasteiger charge is -2.38. The van der Waals surface area contributed by atoms with E-state index in [1.807, 2.05) is 33.9 Å². The van der Waals surface area contributed by atoms with Crippen LogP contribution in [0.4, 0.5) is 16.4 Å². The van der Waals surface area contributed by atoms with Crippen molar-refractivity contribution >= 4 is 17.7 Å². The monoisotopic (exact) mass is 349 g/mol. The van der Waals surface area contributed by atoms with Crippen molar-refractivity contribution in [2.24, 2.45) is 0 Å². The molecular formula is C18H31N5O2. The molecule has 7 nitrogen and oxygen atoms in total. The lowest BCUT2D eigenvalue weighted by Crippen LogP contribution is -2.50. The molecule has 1 aliphatic heterocycles. The number of ether oxygens (including phenoxy) is 1. The van der Waals surface area contributed by atoms with E-state index in [0.29, 0.717) is 6.04 Å². The van der Waals surface area contributed by atoms with Crippen LogP contribution in [0.5, 0.6) is 0 Å². The zero-order valence-electron chi connectivity index (χ0n) is 16.2. The van der Waals surface area contributed by atoms with Crippen LogP contribution in [0.1, 0.15) is 47.5 Å². The largest absolute Gasteiger partial charge is 0.444 e. The summed E-state index contributed by atoms with van der Waals surface area (Å²) in [7, 11) is 1.81. The molecule has 1 fully saturated rings. The lowest BCUT2D eigenvalue weighted by molar-refractivity contribution is 0.0209. The number of carbonyl (C=O) groups excluding carboxylic acids is 1. The fourth-order valence-corrected chi connectivity index (χ4v) is 2.86. The number of anilines is 2. The number of aromatic nitrogens is 2. The van der Waals surface area contributed by atoms with E-state index in [9.17, 15) is 4.79 Å². The number of rotatable bonds is 4. The van der Waals surface area contributed by atoms with Crippen molar-refractivity contribution in [1.82, 2.24) is 14.9 Å². The molecule has 1 N–H and O–H groups in total. The van der Waals surface area contributed by atoms with E-state index in [4.69, 9.17) is 4.74 Å². The average molecular weight is 349 g/mol. The highest BCUT2D eigenvalue weighted by Crippen LogP contribution is 2.23. The Balaban J connectivity index is 2.04. The van der Waals surface area contributed by atoms with E-state index in [0.717, 1.165) is 37.6 Å². The van der Waals surface area contributed by atoms with Crippen LogP contribution in [0.3, 0.4) is 0 Å². The lowest BCUT2D eigenvalue weighted by atomic mass is 10.0. The standard InChI is InChI=1S/C18H31N5O2/c1-13(2)21-15-10-16(20-12-19-15)23-9-7-8-14(11-23)22(6)17(24)25-18(3,4)5/h10,12-14H,7-9,11H2,1-6H3,(H,19,20,21)/t14-/m1/s1. The molecule has 25 heavy (non-hydrogen) atoms. The van der Waals surface area contributed by atoms with Crippen LogP contribution in [0, 0.1) is 0 Å². The second kappa shape index (κ2) is 7.89. The molecule has 0 aliphatic carbocycles. The fraction of sp³-hybridized carbons (Fsp3) is 0.722. The van der Waals surface area contributed by atoms with E-state index in [1.54, 1.807) is 11.2 Å². The van der Waals surface area contributed by atoms with Gasteiger partial charge in [-0.25, -0.2) is 14.8 Å². The number of piperidine rings is 1. The van der Waals surface area contributed by atoms with Gasteiger partial charge in [0.05, 0.1) is 6.04 Å². The minimum atomic E-state index is -0.482. The average Bonchev–Trinajstić information content (AvgIpc) is 2.52. The summed E-state index contributed by atoms with van der Waals surface area (Å²) in [5, 5.41) is 3.30. The van der Waals surface area contributed by atoms with Gasteiger partial charge in [0.1, 0.15) is 23.6 Å². The van der Waals surface area contributed by atoms with Gasteiger partial charge in [-0.15, -0.1) is 0 Å². The summed E-state index contributed by atoms with van der Waals surface area (Å²) in [5.74, 6) is 1.71.